The van der Waals surface area contributed by atoms with Crippen LogP contribution in [0.3, 0.4) is 0 Å². The van der Waals surface area contributed by atoms with Crippen LogP contribution in [0.2, 0.25) is 36.8 Å². The van der Waals surface area contributed by atoms with Gasteiger partial charge in [0.25, 0.3) is 0 Å². The van der Waals surface area contributed by atoms with Crippen molar-refractivity contribution in [2.45, 2.75) is 101 Å². The van der Waals surface area contributed by atoms with Crippen molar-refractivity contribution in [1.82, 2.24) is 0 Å². The highest BCUT2D eigenvalue weighted by Crippen LogP contribution is 2.38. The van der Waals surface area contributed by atoms with Gasteiger partial charge in [-0.25, -0.2) is 0 Å². The SMILES string of the molecule is CCCCCC1CC[SiH](CCC2CC[Si](C)(Cl)CC2)CC1. The Morgan fingerprint density at radius 2 is 1.57 bits per heavy atom. The summed E-state index contributed by atoms with van der Waals surface area (Å²) in [5.74, 6) is 2.16. The molecule has 3 heteroatoms. The van der Waals surface area contributed by atoms with Crippen molar-refractivity contribution in [3.8, 4) is 0 Å². The average Bonchev–Trinajstić information content (AvgIpc) is 2.48. The molecule has 2 aliphatic rings. The van der Waals surface area contributed by atoms with Crippen LogP contribution >= 0.6 is 11.1 Å². The van der Waals surface area contributed by atoms with E-state index in [1.807, 2.05) is 0 Å². The Bertz CT molecular complexity index is 275. The lowest BCUT2D eigenvalue weighted by Crippen LogP contribution is -2.29. The quantitative estimate of drug-likeness (QED) is 0.270. The van der Waals surface area contributed by atoms with E-state index in [-0.39, 0.29) is 8.80 Å². The van der Waals surface area contributed by atoms with Crippen LogP contribution in [0.5, 0.6) is 0 Å². The monoisotopic (exact) mass is 344 g/mol. The summed E-state index contributed by atoms with van der Waals surface area (Å²) in [6.45, 7) is 4.70. The van der Waals surface area contributed by atoms with Crippen molar-refractivity contribution in [1.29, 1.82) is 0 Å². The third-order valence-corrected chi connectivity index (χ3v) is 13.6. The van der Waals surface area contributed by atoms with Gasteiger partial charge in [0.15, 0.2) is 7.38 Å². The molecule has 21 heavy (non-hydrogen) atoms. The Morgan fingerprint density at radius 1 is 0.952 bits per heavy atom. The molecule has 0 amide bonds. The minimum Gasteiger partial charge on any atom is -0.167 e. The van der Waals surface area contributed by atoms with Crippen LogP contribution < -0.4 is 0 Å². The maximum Gasteiger partial charge on any atom is 0.153 e. The van der Waals surface area contributed by atoms with Crippen LogP contribution in [0.25, 0.3) is 0 Å². The molecule has 124 valence electrons. The number of halogens is 1. The standard InChI is InChI=1S/C18H37ClSi2/c1-3-4-5-6-17-7-12-20(13-8-17)14-9-18-10-15-21(2,19)16-11-18/h17-18,20H,3-16H2,1-2H3. The molecule has 0 atom stereocenters. The molecular weight excluding hydrogens is 308 g/mol. The Kier molecular flexibility index (Phi) is 7.85. The van der Waals surface area contributed by atoms with E-state index in [0.717, 1.165) is 11.8 Å². The highest BCUT2D eigenvalue weighted by Gasteiger charge is 2.31. The molecule has 2 saturated heterocycles. The van der Waals surface area contributed by atoms with Gasteiger partial charge in [-0.1, -0.05) is 89.4 Å². The summed E-state index contributed by atoms with van der Waals surface area (Å²) in [6, 6.07) is 7.79. The number of hydrogen-bond acceptors (Lipinski definition) is 0. The van der Waals surface area contributed by atoms with Crippen molar-refractivity contribution in [2.24, 2.45) is 11.8 Å². The smallest absolute Gasteiger partial charge is 0.153 e. The fraction of sp³-hybridized carbons (Fsp3) is 1.00. The van der Waals surface area contributed by atoms with Crippen LogP contribution in [0, 0.1) is 11.8 Å². The van der Waals surface area contributed by atoms with Crippen molar-refractivity contribution in [2.75, 3.05) is 0 Å². The van der Waals surface area contributed by atoms with Gasteiger partial charge in [-0.05, 0) is 23.9 Å². The average molecular weight is 345 g/mol. The Labute approximate surface area is 140 Å². The summed E-state index contributed by atoms with van der Waals surface area (Å²) in [7, 11) is -1.57. The first kappa shape index (κ1) is 18.1. The van der Waals surface area contributed by atoms with Crippen LogP contribution in [0.15, 0.2) is 0 Å². The minimum atomic E-state index is -1.24. The Morgan fingerprint density at radius 3 is 2.19 bits per heavy atom. The molecule has 0 radical (unpaired) electrons. The molecule has 0 N–H and O–H groups in total. The zero-order chi connectivity index (χ0) is 15.1. The summed E-state index contributed by atoms with van der Waals surface area (Å²) in [6.07, 6.45) is 13.6. The summed E-state index contributed by atoms with van der Waals surface area (Å²) < 4.78 is 0. The van der Waals surface area contributed by atoms with E-state index < -0.39 is 7.38 Å². The van der Waals surface area contributed by atoms with E-state index >= 15 is 0 Å². The van der Waals surface area contributed by atoms with Crippen LogP contribution in [0.1, 0.15) is 64.7 Å². The topological polar surface area (TPSA) is 0 Å². The molecular formula is C18H37ClSi2. The van der Waals surface area contributed by atoms with E-state index in [4.69, 9.17) is 11.1 Å². The predicted octanol–water partition coefficient (Wildman–Crippen LogP) is 6.82. The fourth-order valence-corrected chi connectivity index (χ4v) is 11.2. The summed E-state index contributed by atoms with van der Waals surface area (Å²) in [4.78, 5) is 0. The van der Waals surface area contributed by atoms with Crippen LogP contribution in [-0.4, -0.2) is 16.2 Å². The summed E-state index contributed by atoms with van der Waals surface area (Å²) in [5.41, 5.74) is 0. The minimum absolute atomic E-state index is 0.332. The van der Waals surface area contributed by atoms with Gasteiger partial charge in [-0.2, -0.15) is 11.1 Å². The van der Waals surface area contributed by atoms with E-state index in [1.54, 1.807) is 37.4 Å². The van der Waals surface area contributed by atoms with Crippen molar-refractivity contribution in [3.63, 3.8) is 0 Å². The molecule has 0 aromatic carbocycles. The first-order valence-electron chi connectivity index (χ1n) is 9.78. The summed E-state index contributed by atoms with van der Waals surface area (Å²) in [5, 5.41) is 0. The van der Waals surface area contributed by atoms with Gasteiger partial charge in [0.1, 0.15) is 0 Å². The largest absolute Gasteiger partial charge is 0.167 e. The van der Waals surface area contributed by atoms with Gasteiger partial charge >= 0.3 is 0 Å². The molecule has 2 heterocycles. The number of hydrogen-bond donors (Lipinski definition) is 0. The zero-order valence-electron chi connectivity index (χ0n) is 14.5. The second-order valence-electron chi connectivity index (χ2n) is 8.32. The molecule has 0 nitrogen and oxygen atoms in total. The van der Waals surface area contributed by atoms with Gasteiger partial charge < -0.3 is 0 Å². The van der Waals surface area contributed by atoms with Crippen LogP contribution in [0.4, 0.5) is 0 Å². The van der Waals surface area contributed by atoms with Gasteiger partial charge in [0.05, 0.1) is 0 Å². The lowest BCUT2D eigenvalue weighted by molar-refractivity contribution is 0.412. The van der Waals surface area contributed by atoms with Crippen molar-refractivity contribution in [3.05, 3.63) is 0 Å². The Hall–Kier alpha value is 0.724. The molecule has 2 fully saturated rings. The second kappa shape index (κ2) is 9.13. The molecule has 2 aliphatic heterocycles. The van der Waals surface area contributed by atoms with Crippen LogP contribution in [-0.2, 0) is 0 Å². The predicted molar refractivity (Wildman–Crippen MR) is 103 cm³/mol. The molecule has 0 saturated carbocycles. The van der Waals surface area contributed by atoms with E-state index in [1.165, 1.54) is 50.6 Å². The first-order valence-corrected chi connectivity index (χ1v) is 16.2. The maximum atomic E-state index is 6.60. The molecule has 0 aliphatic carbocycles. The van der Waals surface area contributed by atoms with E-state index in [2.05, 4.69) is 13.5 Å². The van der Waals surface area contributed by atoms with E-state index in [9.17, 15) is 0 Å². The molecule has 0 bridgehead atoms. The van der Waals surface area contributed by atoms with Gasteiger partial charge in [-0.15, -0.1) is 0 Å². The molecule has 0 spiro atoms. The highest BCUT2D eigenvalue weighted by molar-refractivity contribution is 7.19. The van der Waals surface area contributed by atoms with Gasteiger partial charge in [0.2, 0.25) is 0 Å². The molecule has 2 rings (SSSR count). The van der Waals surface area contributed by atoms with E-state index in [0.29, 0.717) is 0 Å². The van der Waals surface area contributed by atoms with Gasteiger partial charge in [0, 0.05) is 8.80 Å². The third-order valence-electron chi connectivity index (χ3n) is 6.31. The number of rotatable bonds is 7. The number of unbranched alkanes of at least 4 members (excludes halogenated alkanes) is 2. The molecule has 0 aromatic rings. The highest BCUT2D eigenvalue weighted by atomic mass is 35.6. The second-order valence-corrected chi connectivity index (χ2v) is 18.3. The van der Waals surface area contributed by atoms with Crippen molar-refractivity contribution >= 4 is 27.3 Å². The van der Waals surface area contributed by atoms with Crippen molar-refractivity contribution < 1.29 is 0 Å². The lowest BCUT2D eigenvalue weighted by atomic mass is 9.96. The summed E-state index contributed by atoms with van der Waals surface area (Å²) >= 11 is 6.60. The molecule has 0 aromatic heterocycles. The normalized spacial score (nSPS) is 37.6. The fourth-order valence-electron chi connectivity index (χ4n) is 4.53. The maximum absolute atomic E-state index is 6.60. The third kappa shape index (κ3) is 6.78. The molecule has 0 unspecified atom stereocenters. The zero-order valence-corrected chi connectivity index (χ0v) is 17.4. The Balaban J connectivity index is 1.55. The van der Waals surface area contributed by atoms with Gasteiger partial charge in [-0.3, -0.25) is 0 Å². The first-order chi connectivity index (χ1) is 10.1. The lowest BCUT2D eigenvalue weighted by Gasteiger charge is -2.32.